The van der Waals surface area contributed by atoms with E-state index in [-0.39, 0.29) is 85.1 Å². The van der Waals surface area contributed by atoms with Gasteiger partial charge >= 0.3 is 18.2 Å². The van der Waals surface area contributed by atoms with Crippen molar-refractivity contribution in [3.05, 3.63) is 157 Å². The van der Waals surface area contributed by atoms with Gasteiger partial charge in [0.1, 0.15) is 34.5 Å². The summed E-state index contributed by atoms with van der Waals surface area (Å²) in [4.78, 5) is 77.8. The van der Waals surface area contributed by atoms with Gasteiger partial charge in [0, 0.05) is 206 Å². The van der Waals surface area contributed by atoms with Crippen LogP contribution in [0.4, 0.5) is 44.2 Å². The molecule has 0 aromatic heterocycles. The molecule has 5 aromatic rings. The number of ketones is 1. The molecule has 105 heavy (non-hydrogen) atoms. The molecular weight excluding hydrogens is 1420 g/mol. The molecule has 3 amide bonds. The number of carbonyl (C=O) groups excluding carboxylic acids is 4. The normalized spacial score (nSPS) is 19.6. The molecule has 5 saturated heterocycles. The number of amides is 3. The summed E-state index contributed by atoms with van der Waals surface area (Å²) in [6, 6.07) is 19.5. The van der Waals surface area contributed by atoms with E-state index in [0.717, 1.165) is 70.1 Å². The molecule has 18 nitrogen and oxygen atoms in total. The van der Waals surface area contributed by atoms with Crippen LogP contribution in [0.3, 0.4) is 0 Å². The third-order valence-corrected chi connectivity index (χ3v) is 20.5. The van der Waals surface area contributed by atoms with Gasteiger partial charge in [0.15, 0.2) is 5.78 Å². The topological polar surface area (TPSA) is 190 Å². The number of carboxylic acid groups (broad SMARTS) is 1. The summed E-state index contributed by atoms with van der Waals surface area (Å²) >= 11 is 0. The number of piperazine rings is 3. The molecule has 575 valence electrons. The number of likely N-dealkylation sites (tertiary alicyclic amines) is 2. The molecular formula is C82H116F4N8O10Y. The van der Waals surface area contributed by atoms with E-state index < -0.39 is 64.5 Å². The zero-order valence-electron chi connectivity index (χ0n) is 66.1. The molecule has 0 spiro atoms. The molecule has 5 aliphatic heterocycles. The monoisotopic (exact) mass is 1540 g/mol. The van der Waals surface area contributed by atoms with Gasteiger partial charge in [-0.15, -0.1) is 0 Å². The zero-order chi connectivity index (χ0) is 77.6. The number of carboxylic acids is 1. The molecule has 3 unspecified atom stereocenters. The number of aryl methyl sites for hydroxylation is 6. The maximum atomic E-state index is 14.8. The fraction of sp³-hybridized carbons (Fsp3) is 0.573. The number of nitrogens with zero attached hydrogens (tertiary/aromatic N) is 8. The van der Waals surface area contributed by atoms with Crippen LogP contribution < -0.4 is 14.7 Å². The van der Waals surface area contributed by atoms with Crippen molar-refractivity contribution in [1.82, 2.24) is 24.5 Å². The molecule has 6 atom stereocenters. The van der Waals surface area contributed by atoms with Gasteiger partial charge < -0.3 is 54.2 Å². The Morgan fingerprint density at radius 2 is 0.752 bits per heavy atom. The van der Waals surface area contributed by atoms with Gasteiger partial charge in [-0.3, -0.25) is 24.2 Å². The van der Waals surface area contributed by atoms with E-state index in [0.29, 0.717) is 97.2 Å². The molecule has 0 saturated carbocycles. The van der Waals surface area contributed by atoms with Crippen LogP contribution in [0.1, 0.15) is 194 Å². The van der Waals surface area contributed by atoms with Crippen molar-refractivity contribution in [3.8, 4) is 0 Å². The first-order valence-electron chi connectivity index (χ1n) is 36.6. The van der Waals surface area contributed by atoms with Gasteiger partial charge in [0.2, 0.25) is 5.91 Å². The number of aliphatic carboxylic acids is 1. The SMILES string of the molecule is CC(=O)c1cc(C)c(C)cc1N1CCN(C(=O)OC(C)(C)C)CC1.CC(C)(C)N1C[C@@H](C(=O)O)[C@H](c2ccc(F)cc2F)C1.Cc1cc(C(C)O)c(N2CCN(C(=O)C3CN(C(C)(C)C)C[C@H]3c3ccc(F)cc3F)CC2)cc1C.Cc1cc(C(C)O)c(N2CCN(C(=O)OC(C)(C)C)CC2)cc1C.[Y]. The first-order chi connectivity index (χ1) is 48.2. The van der Waals surface area contributed by atoms with Crippen LogP contribution >= 0.6 is 0 Å². The molecule has 5 fully saturated rings. The predicted molar refractivity (Wildman–Crippen MR) is 403 cm³/mol. The number of anilines is 3. The first kappa shape index (κ1) is 87.2. The number of Topliss-reactive ketones (excluding diaryl/α,β-unsaturated/α-hetero) is 1. The number of carbonyl (C=O) groups is 5. The Labute approximate surface area is 646 Å². The summed E-state index contributed by atoms with van der Waals surface area (Å²) in [5, 5.41) is 29.8. The van der Waals surface area contributed by atoms with E-state index in [2.05, 4.69) is 92.3 Å². The second-order valence-electron chi connectivity index (χ2n) is 32.8. The van der Waals surface area contributed by atoms with Gasteiger partial charge in [-0.25, -0.2) is 27.2 Å². The Morgan fingerprint density at radius 3 is 1.08 bits per heavy atom. The van der Waals surface area contributed by atoms with Crippen molar-refractivity contribution in [2.45, 2.75) is 192 Å². The minimum atomic E-state index is -0.939. The van der Waals surface area contributed by atoms with Crippen LogP contribution in [0.15, 0.2) is 72.8 Å². The Kier molecular flexibility index (Phi) is 29.9. The van der Waals surface area contributed by atoms with Gasteiger partial charge in [-0.2, -0.15) is 0 Å². The Balaban J connectivity index is 0.000000225. The quantitative estimate of drug-likeness (QED) is 0.0883. The van der Waals surface area contributed by atoms with Crippen molar-refractivity contribution in [3.63, 3.8) is 0 Å². The molecule has 23 heteroatoms. The molecule has 5 aliphatic rings. The first-order valence-corrected chi connectivity index (χ1v) is 36.6. The van der Waals surface area contributed by atoms with Crippen molar-refractivity contribution < 1.29 is 99.0 Å². The van der Waals surface area contributed by atoms with E-state index in [4.69, 9.17) is 9.47 Å². The Bertz CT molecular complexity index is 3860. The molecule has 5 aromatic carbocycles. The zero-order valence-corrected chi connectivity index (χ0v) is 68.9. The van der Waals surface area contributed by atoms with Crippen molar-refractivity contribution in [2.75, 3.05) is 119 Å². The standard InChI is InChI=1S/C29H39F2N3O2.C19H30N2O3.C19H28N2O3.C15H19F2NO2.Y/c1-18-13-23(20(3)35)27(14-19(18)2)32-9-11-33(12-10-32)28(36)25-17-34(29(4,5)6)16-24(25)22-8-7-21(30)15-26(22)31;2*1-13-11-16(15(3)22)17(12-14(13)2)20-7-9-21(10-8-20)18(23)24-19(4,5)6;1-15(2,3)18-7-11(12(8-18)14(19)20)10-5-4-9(16)6-13(10)17;/h7-8,13-15,20,24-25,35H,9-12,16-17H2,1-6H3;11-12,15,22H,7-10H2,1-6H3;11-12H,7-10H2,1-6H3;4-6,11-12H,7-8H2,1-3H3,(H,19,20);/t20?,24-,25?;;;11-,12+;/m0..0./s1. The number of halogens is 4. The number of ether oxygens (including phenoxy) is 2. The molecule has 5 heterocycles. The average Bonchev–Trinajstić information content (AvgIpc) is 1.67. The smallest absolute Gasteiger partial charge is 0.410 e. The molecule has 1 radical (unpaired) electrons. The number of rotatable bonds is 10. The third-order valence-electron chi connectivity index (χ3n) is 20.5. The summed E-state index contributed by atoms with van der Waals surface area (Å²) in [7, 11) is 0. The van der Waals surface area contributed by atoms with E-state index >= 15 is 0 Å². The number of aliphatic hydroxyl groups is 2. The van der Waals surface area contributed by atoms with Crippen molar-refractivity contribution in [1.29, 1.82) is 0 Å². The number of aliphatic hydroxyl groups excluding tert-OH is 2. The van der Waals surface area contributed by atoms with Gasteiger partial charge in [-0.05, 0) is 226 Å². The Morgan fingerprint density at radius 1 is 0.438 bits per heavy atom. The summed E-state index contributed by atoms with van der Waals surface area (Å²) in [6.45, 7) is 50.8. The summed E-state index contributed by atoms with van der Waals surface area (Å²) in [5.74, 6) is -5.17. The van der Waals surface area contributed by atoms with Gasteiger partial charge in [-0.1, -0.05) is 24.3 Å². The molecule has 0 aliphatic carbocycles. The summed E-state index contributed by atoms with van der Waals surface area (Å²) in [5.41, 5.74) is 12.1. The van der Waals surface area contributed by atoms with Gasteiger partial charge in [0.05, 0.1) is 24.0 Å². The minimum absolute atomic E-state index is 0. The maximum Gasteiger partial charge on any atom is 0.410 e. The Hall–Kier alpha value is -6.69. The van der Waals surface area contributed by atoms with E-state index in [1.54, 1.807) is 30.6 Å². The minimum Gasteiger partial charge on any atom is -0.481 e. The average molecular weight is 1540 g/mol. The fourth-order valence-corrected chi connectivity index (χ4v) is 14.0. The van der Waals surface area contributed by atoms with Gasteiger partial charge in [0.25, 0.3) is 0 Å². The van der Waals surface area contributed by atoms with Crippen LogP contribution in [-0.2, 0) is 51.8 Å². The molecule has 3 N–H and O–H groups in total. The van der Waals surface area contributed by atoms with Crippen LogP contribution in [0.5, 0.6) is 0 Å². The van der Waals surface area contributed by atoms with Crippen LogP contribution in [0.25, 0.3) is 0 Å². The van der Waals surface area contributed by atoms with Crippen LogP contribution in [-0.4, -0.2) is 197 Å². The molecule has 10 rings (SSSR count). The van der Waals surface area contributed by atoms with Crippen LogP contribution in [0, 0.1) is 76.6 Å². The molecule has 0 bridgehead atoms. The number of benzene rings is 5. The maximum absolute atomic E-state index is 14.8. The second-order valence-corrected chi connectivity index (χ2v) is 32.8. The summed E-state index contributed by atoms with van der Waals surface area (Å²) in [6.07, 6.45) is -1.61. The largest absolute Gasteiger partial charge is 0.481 e. The number of hydrogen-bond donors (Lipinski definition) is 3. The van der Waals surface area contributed by atoms with E-state index in [1.165, 1.54) is 46.5 Å². The summed E-state index contributed by atoms with van der Waals surface area (Å²) < 4.78 is 66.2. The van der Waals surface area contributed by atoms with E-state index in [9.17, 15) is 56.9 Å². The predicted octanol–water partition coefficient (Wildman–Crippen LogP) is 14.6. The second kappa shape index (κ2) is 36.0. The fourth-order valence-electron chi connectivity index (χ4n) is 14.0. The van der Waals surface area contributed by atoms with E-state index in [1.807, 2.05) is 98.1 Å². The van der Waals surface area contributed by atoms with Crippen molar-refractivity contribution in [2.24, 2.45) is 11.8 Å². The van der Waals surface area contributed by atoms with Crippen LogP contribution in [0.2, 0.25) is 0 Å². The number of hydrogen-bond acceptors (Lipinski definition) is 14. The van der Waals surface area contributed by atoms with Crippen molar-refractivity contribution >= 4 is 46.9 Å². The third kappa shape index (κ3) is 23.2.